The summed E-state index contributed by atoms with van der Waals surface area (Å²) in [5.41, 5.74) is 1.67. The van der Waals surface area contributed by atoms with Crippen molar-refractivity contribution in [3.8, 4) is 0 Å². The molecule has 1 heterocycles. The van der Waals surface area contributed by atoms with Crippen molar-refractivity contribution in [2.24, 2.45) is 0 Å². The summed E-state index contributed by atoms with van der Waals surface area (Å²) in [5.74, 6) is 0.324. The molecule has 0 unspecified atom stereocenters. The average molecular weight is 204 g/mol. The van der Waals surface area contributed by atoms with Gasteiger partial charge in [0, 0.05) is 13.5 Å². The molecule has 0 saturated carbocycles. The van der Waals surface area contributed by atoms with E-state index in [9.17, 15) is 4.79 Å². The topological polar surface area (TPSA) is 55.1 Å². The largest absolute Gasteiger partial charge is 0.395 e. The summed E-state index contributed by atoms with van der Waals surface area (Å²) in [5, 5.41) is 8.94. The van der Waals surface area contributed by atoms with Crippen LogP contribution in [0, 0.1) is 0 Å². The highest BCUT2D eigenvalue weighted by molar-refractivity contribution is 5.94. The van der Waals surface area contributed by atoms with Crippen LogP contribution in [-0.2, 0) is 6.54 Å². The fourth-order valence-electron chi connectivity index (χ4n) is 1.67. The Morgan fingerprint density at radius 1 is 1.47 bits per heavy atom. The number of benzene rings is 1. The van der Waals surface area contributed by atoms with Crippen molar-refractivity contribution in [3.63, 3.8) is 0 Å². The van der Waals surface area contributed by atoms with E-state index in [1.807, 2.05) is 24.3 Å². The third-order valence-corrected chi connectivity index (χ3v) is 2.29. The molecule has 2 aromatic rings. The number of Topliss-reactive ketones (excluding diaryl/α,β-unsaturated/α-hetero) is 1. The predicted molar refractivity (Wildman–Crippen MR) is 56.8 cm³/mol. The summed E-state index contributed by atoms with van der Waals surface area (Å²) < 4.78 is 1.75. The fraction of sp³-hybridized carbons (Fsp3) is 0.273. The fourth-order valence-corrected chi connectivity index (χ4v) is 1.67. The number of ketones is 1. The van der Waals surface area contributed by atoms with Gasteiger partial charge in [0.2, 0.25) is 0 Å². The SMILES string of the molecule is CC(=O)c1nc2ccccc2n1CCO. The van der Waals surface area contributed by atoms with E-state index in [4.69, 9.17) is 5.11 Å². The second kappa shape index (κ2) is 3.82. The van der Waals surface area contributed by atoms with E-state index in [0.717, 1.165) is 11.0 Å². The summed E-state index contributed by atoms with van der Waals surface area (Å²) in [7, 11) is 0. The van der Waals surface area contributed by atoms with E-state index in [-0.39, 0.29) is 12.4 Å². The van der Waals surface area contributed by atoms with Gasteiger partial charge in [0.05, 0.1) is 17.6 Å². The number of carbonyl (C=O) groups excluding carboxylic acids is 1. The maximum absolute atomic E-state index is 11.3. The normalized spacial score (nSPS) is 10.8. The standard InChI is InChI=1S/C11H12N2O2/c1-8(15)11-12-9-4-2-3-5-10(9)13(11)6-7-14/h2-5,14H,6-7H2,1H3. The Labute approximate surface area is 87.2 Å². The minimum atomic E-state index is -0.0837. The number of aliphatic hydroxyl groups excluding tert-OH is 1. The van der Waals surface area contributed by atoms with E-state index < -0.39 is 0 Å². The summed E-state index contributed by atoms with van der Waals surface area (Å²) in [6, 6.07) is 7.52. The molecule has 0 radical (unpaired) electrons. The first-order chi connectivity index (χ1) is 7.24. The monoisotopic (exact) mass is 204 g/mol. The Balaban J connectivity index is 2.68. The van der Waals surface area contributed by atoms with Gasteiger partial charge in [-0.3, -0.25) is 4.79 Å². The summed E-state index contributed by atoms with van der Waals surface area (Å²) in [6.07, 6.45) is 0. The quantitative estimate of drug-likeness (QED) is 0.765. The second-order valence-electron chi connectivity index (χ2n) is 3.36. The van der Waals surface area contributed by atoms with Crippen LogP contribution in [0.5, 0.6) is 0 Å². The van der Waals surface area contributed by atoms with Gasteiger partial charge in [-0.15, -0.1) is 0 Å². The van der Waals surface area contributed by atoms with Gasteiger partial charge < -0.3 is 9.67 Å². The number of fused-ring (bicyclic) bond motifs is 1. The number of nitrogens with zero attached hydrogens (tertiary/aromatic N) is 2. The number of aromatic nitrogens is 2. The number of rotatable bonds is 3. The molecule has 0 spiro atoms. The van der Waals surface area contributed by atoms with Crippen LogP contribution in [0.1, 0.15) is 17.5 Å². The lowest BCUT2D eigenvalue weighted by Gasteiger charge is -2.03. The number of hydrogen-bond acceptors (Lipinski definition) is 3. The molecule has 4 nitrogen and oxygen atoms in total. The van der Waals surface area contributed by atoms with Crippen LogP contribution in [0.15, 0.2) is 24.3 Å². The molecular formula is C11H12N2O2. The van der Waals surface area contributed by atoms with Crippen LogP contribution in [0.3, 0.4) is 0 Å². The number of carbonyl (C=O) groups is 1. The maximum atomic E-state index is 11.3. The van der Waals surface area contributed by atoms with Crippen molar-refractivity contribution in [2.75, 3.05) is 6.61 Å². The Bertz CT molecular complexity index is 502. The van der Waals surface area contributed by atoms with Crippen molar-refractivity contribution >= 4 is 16.8 Å². The van der Waals surface area contributed by atoms with Crippen molar-refractivity contribution in [2.45, 2.75) is 13.5 Å². The van der Waals surface area contributed by atoms with Crippen LogP contribution in [0.25, 0.3) is 11.0 Å². The minimum absolute atomic E-state index is 0.000629. The number of hydrogen-bond donors (Lipinski definition) is 1. The molecule has 4 heteroatoms. The Morgan fingerprint density at radius 3 is 2.87 bits per heavy atom. The van der Waals surface area contributed by atoms with Crippen molar-refractivity contribution in [1.29, 1.82) is 0 Å². The molecule has 0 aliphatic heterocycles. The highest BCUT2D eigenvalue weighted by Crippen LogP contribution is 2.15. The molecule has 0 fully saturated rings. The molecule has 0 atom stereocenters. The number of aliphatic hydroxyl groups is 1. The van der Waals surface area contributed by atoms with Gasteiger partial charge in [0.1, 0.15) is 0 Å². The van der Waals surface area contributed by atoms with Crippen LogP contribution >= 0.6 is 0 Å². The molecule has 0 aliphatic rings. The van der Waals surface area contributed by atoms with Crippen molar-refractivity contribution < 1.29 is 9.90 Å². The first-order valence-corrected chi connectivity index (χ1v) is 4.81. The van der Waals surface area contributed by atoms with Gasteiger partial charge in [-0.25, -0.2) is 4.98 Å². The van der Waals surface area contributed by atoms with Crippen LogP contribution in [0.2, 0.25) is 0 Å². The average Bonchev–Trinajstić information content (AvgIpc) is 2.58. The molecule has 0 bridgehead atoms. The zero-order chi connectivity index (χ0) is 10.8. The predicted octanol–water partition coefficient (Wildman–Crippen LogP) is 1.23. The van der Waals surface area contributed by atoms with Crippen molar-refractivity contribution in [1.82, 2.24) is 9.55 Å². The number of para-hydroxylation sites is 2. The van der Waals surface area contributed by atoms with Gasteiger partial charge in [0.15, 0.2) is 11.6 Å². The molecule has 0 amide bonds. The Kier molecular flexibility index (Phi) is 2.51. The smallest absolute Gasteiger partial charge is 0.195 e. The van der Waals surface area contributed by atoms with Gasteiger partial charge in [-0.05, 0) is 12.1 Å². The first-order valence-electron chi connectivity index (χ1n) is 4.81. The zero-order valence-corrected chi connectivity index (χ0v) is 8.47. The summed E-state index contributed by atoms with van der Waals surface area (Å²) in [6.45, 7) is 1.88. The summed E-state index contributed by atoms with van der Waals surface area (Å²) in [4.78, 5) is 15.6. The Hall–Kier alpha value is -1.68. The maximum Gasteiger partial charge on any atom is 0.195 e. The zero-order valence-electron chi connectivity index (χ0n) is 8.47. The van der Waals surface area contributed by atoms with Crippen LogP contribution < -0.4 is 0 Å². The highest BCUT2D eigenvalue weighted by atomic mass is 16.3. The molecular weight excluding hydrogens is 192 g/mol. The molecule has 2 rings (SSSR count). The van der Waals surface area contributed by atoms with Gasteiger partial charge in [0.25, 0.3) is 0 Å². The molecule has 1 aromatic carbocycles. The third kappa shape index (κ3) is 1.64. The van der Waals surface area contributed by atoms with Gasteiger partial charge in [-0.2, -0.15) is 0 Å². The van der Waals surface area contributed by atoms with Crippen LogP contribution in [0.4, 0.5) is 0 Å². The highest BCUT2D eigenvalue weighted by Gasteiger charge is 2.12. The molecule has 0 aliphatic carbocycles. The minimum Gasteiger partial charge on any atom is -0.395 e. The first kappa shape index (κ1) is 9.86. The lowest BCUT2D eigenvalue weighted by molar-refractivity contribution is 0.0999. The summed E-state index contributed by atoms with van der Waals surface area (Å²) >= 11 is 0. The molecule has 78 valence electrons. The van der Waals surface area contributed by atoms with Gasteiger partial charge in [-0.1, -0.05) is 12.1 Å². The molecule has 1 aromatic heterocycles. The van der Waals surface area contributed by atoms with E-state index in [1.54, 1.807) is 4.57 Å². The molecule has 15 heavy (non-hydrogen) atoms. The third-order valence-electron chi connectivity index (χ3n) is 2.29. The second-order valence-corrected chi connectivity index (χ2v) is 3.36. The van der Waals surface area contributed by atoms with Crippen molar-refractivity contribution in [3.05, 3.63) is 30.1 Å². The lowest BCUT2D eigenvalue weighted by atomic mass is 10.3. The Morgan fingerprint density at radius 2 is 2.20 bits per heavy atom. The number of imidazole rings is 1. The van der Waals surface area contributed by atoms with Crippen LogP contribution in [-0.4, -0.2) is 27.0 Å². The van der Waals surface area contributed by atoms with E-state index in [0.29, 0.717) is 12.4 Å². The molecule has 1 N–H and O–H groups in total. The van der Waals surface area contributed by atoms with E-state index >= 15 is 0 Å². The van der Waals surface area contributed by atoms with E-state index in [1.165, 1.54) is 6.92 Å². The molecule has 0 saturated heterocycles. The van der Waals surface area contributed by atoms with E-state index in [2.05, 4.69) is 4.98 Å². The lowest BCUT2D eigenvalue weighted by Crippen LogP contribution is -2.10. The van der Waals surface area contributed by atoms with Gasteiger partial charge >= 0.3 is 0 Å².